The number of hydrogen-bond acceptors (Lipinski definition) is 9. The smallest absolute Gasteiger partial charge is 0.270 e. The zero-order valence-electron chi connectivity index (χ0n) is 18.8. The van der Waals surface area contributed by atoms with Gasteiger partial charge in [-0.25, -0.2) is 4.98 Å². The molecule has 0 radical (unpaired) electrons. The lowest BCUT2D eigenvalue weighted by Crippen LogP contribution is -2.35. The van der Waals surface area contributed by atoms with Crippen LogP contribution in [0.1, 0.15) is 44.3 Å². The van der Waals surface area contributed by atoms with Crippen molar-refractivity contribution in [3.63, 3.8) is 0 Å². The molecule has 0 bridgehead atoms. The molecule has 4 rings (SSSR count). The molecule has 34 heavy (non-hydrogen) atoms. The molecule has 1 aromatic heterocycles. The summed E-state index contributed by atoms with van der Waals surface area (Å²) in [4.78, 5) is 57.5. The van der Waals surface area contributed by atoms with Gasteiger partial charge in [0.25, 0.3) is 17.5 Å². The molecule has 0 atom stereocenters. The molecule has 180 valence electrons. The first kappa shape index (κ1) is 23.9. The Hall–Kier alpha value is -3.22. The number of amides is 3. The molecule has 3 heterocycles. The minimum atomic E-state index is -0.608. The van der Waals surface area contributed by atoms with E-state index >= 15 is 0 Å². The van der Waals surface area contributed by atoms with Crippen LogP contribution >= 0.6 is 11.3 Å². The van der Waals surface area contributed by atoms with Gasteiger partial charge in [0.05, 0.1) is 48.0 Å². The summed E-state index contributed by atoms with van der Waals surface area (Å²) in [5.74, 6) is -1.18. The maximum Gasteiger partial charge on any atom is 0.270 e. The molecular weight excluding hydrogens is 462 g/mol. The number of benzene rings is 1. The molecule has 2 aliphatic rings. The van der Waals surface area contributed by atoms with Gasteiger partial charge in [-0.2, -0.15) is 0 Å². The van der Waals surface area contributed by atoms with Crippen molar-refractivity contribution in [1.29, 1.82) is 0 Å². The van der Waals surface area contributed by atoms with Crippen LogP contribution in [-0.2, 0) is 22.6 Å². The fourth-order valence-electron chi connectivity index (χ4n) is 3.95. The number of morpholine rings is 1. The average molecular weight is 488 g/mol. The first-order valence-corrected chi connectivity index (χ1v) is 11.8. The molecule has 2 aliphatic heterocycles. The summed E-state index contributed by atoms with van der Waals surface area (Å²) in [7, 11) is 1.70. The molecule has 0 saturated carbocycles. The molecule has 1 saturated heterocycles. The molecule has 1 aromatic carbocycles. The highest BCUT2D eigenvalue weighted by atomic mass is 32.1. The van der Waals surface area contributed by atoms with Gasteiger partial charge in [-0.15, -0.1) is 11.3 Å². The number of thiazole rings is 1. The summed E-state index contributed by atoms with van der Waals surface area (Å²) >= 11 is 1.57. The van der Waals surface area contributed by atoms with Crippen LogP contribution in [0, 0.1) is 10.1 Å². The molecule has 0 aliphatic carbocycles. The topological polar surface area (TPSA) is 126 Å². The zero-order valence-corrected chi connectivity index (χ0v) is 19.6. The van der Waals surface area contributed by atoms with E-state index in [1.807, 2.05) is 5.38 Å². The van der Waals surface area contributed by atoms with Gasteiger partial charge in [0.15, 0.2) is 0 Å². The van der Waals surface area contributed by atoms with Crippen LogP contribution in [0.25, 0.3) is 0 Å². The first-order valence-electron chi connectivity index (χ1n) is 11.0. The van der Waals surface area contributed by atoms with Gasteiger partial charge < -0.3 is 9.64 Å². The minimum Gasteiger partial charge on any atom is -0.379 e. The number of nitro groups is 1. The third kappa shape index (κ3) is 5.29. The highest BCUT2D eigenvalue weighted by molar-refractivity contribution is 7.09. The van der Waals surface area contributed by atoms with Gasteiger partial charge >= 0.3 is 0 Å². The van der Waals surface area contributed by atoms with Crippen LogP contribution in [0.5, 0.6) is 0 Å². The van der Waals surface area contributed by atoms with E-state index in [0.717, 1.165) is 54.5 Å². The van der Waals surface area contributed by atoms with E-state index in [-0.39, 0.29) is 35.7 Å². The van der Waals surface area contributed by atoms with Crippen LogP contribution in [0.2, 0.25) is 0 Å². The number of carbonyl (C=O) groups is 3. The summed E-state index contributed by atoms with van der Waals surface area (Å²) in [6, 6.07) is 3.63. The Labute approximate surface area is 200 Å². The Bertz CT molecular complexity index is 1110. The molecule has 2 aromatic rings. The van der Waals surface area contributed by atoms with Gasteiger partial charge in [-0.1, -0.05) is 0 Å². The summed E-state index contributed by atoms with van der Waals surface area (Å²) in [6.45, 7) is 4.46. The Morgan fingerprint density at radius 3 is 2.71 bits per heavy atom. The molecular formula is C22H25N5O6S. The Morgan fingerprint density at radius 2 is 1.97 bits per heavy atom. The maximum atomic E-state index is 12.6. The van der Waals surface area contributed by atoms with Crippen LogP contribution < -0.4 is 0 Å². The fraction of sp³-hybridized carbons (Fsp3) is 0.455. The van der Waals surface area contributed by atoms with Crippen molar-refractivity contribution < 1.29 is 24.0 Å². The highest BCUT2D eigenvalue weighted by Crippen LogP contribution is 2.27. The number of non-ortho nitro benzene ring substituents is 1. The van der Waals surface area contributed by atoms with Gasteiger partial charge in [0.1, 0.15) is 5.01 Å². The van der Waals surface area contributed by atoms with Crippen LogP contribution in [0.15, 0.2) is 23.6 Å². The number of hydrogen-bond donors (Lipinski definition) is 0. The van der Waals surface area contributed by atoms with Gasteiger partial charge in [-0.3, -0.25) is 34.3 Å². The van der Waals surface area contributed by atoms with Crippen molar-refractivity contribution in [2.45, 2.75) is 25.9 Å². The summed E-state index contributed by atoms with van der Waals surface area (Å²) in [5, 5.41) is 13.9. The first-order chi connectivity index (χ1) is 16.3. The van der Waals surface area contributed by atoms with E-state index in [1.54, 1.807) is 23.3 Å². The summed E-state index contributed by atoms with van der Waals surface area (Å²) in [5.41, 5.74) is 0.759. The highest BCUT2D eigenvalue weighted by Gasteiger charge is 2.36. The normalized spacial score (nSPS) is 16.1. The van der Waals surface area contributed by atoms with Crippen molar-refractivity contribution >= 4 is 34.7 Å². The third-order valence-electron chi connectivity index (χ3n) is 5.82. The predicted octanol–water partition coefficient (Wildman–Crippen LogP) is 1.92. The van der Waals surface area contributed by atoms with Crippen molar-refractivity contribution in [1.82, 2.24) is 19.7 Å². The van der Waals surface area contributed by atoms with Gasteiger partial charge in [0, 0.05) is 50.6 Å². The van der Waals surface area contributed by atoms with Gasteiger partial charge in [0.2, 0.25) is 5.91 Å². The maximum absolute atomic E-state index is 12.6. The Kier molecular flexibility index (Phi) is 7.29. The number of nitrogens with zero attached hydrogens (tertiary/aromatic N) is 5. The summed E-state index contributed by atoms with van der Waals surface area (Å²) in [6.07, 6.45) is 0.463. The third-order valence-corrected chi connectivity index (χ3v) is 6.71. The molecule has 0 N–H and O–H groups in total. The minimum absolute atomic E-state index is 0.0269. The average Bonchev–Trinajstić information content (AvgIpc) is 3.36. The predicted molar refractivity (Wildman–Crippen MR) is 122 cm³/mol. The molecule has 0 unspecified atom stereocenters. The number of nitro benzene ring substituents is 1. The second kappa shape index (κ2) is 10.4. The van der Waals surface area contributed by atoms with Crippen LogP contribution in [-0.4, -0.2) is 82.2 Å². The van der Waals surface area contributed by atoms with Crippen molar-refractivity contribution in [2.24, 2.45) is 0 Å². The molecule has 12 heteroatoms. The number of fused-ring (bicyclic) bond motifs is 1. The Morgan fingerprint density at radius 1 is 1.24 bits per heavy atom. The van der Waals surface area contributed by atoms with Crippen molar-refractivity contribution in [3.8, 4) is 0 Å². The monoisotopic (exact) mass is 487 g/mol. The molecule has 0 spiro atoms. The number of rotatable bonds is 9. The fourth-order valence-corrected chi connectivity index (χ4v) is 4.78. The zero-order chi connectivity index (χ0) is 24.2. The quantitative estimate of drug-likeness (QED) is 0.298. The number of carbonyl (C=O) groups excluding carboxylic acids is 3. The molecule has 1 fully saturated rings. The standard InChI is InChI=1S/C22H25N5O6S/c1-24(12-15-14-34-19(23-15)13-25-7-9-33-10-8-25)20(28)3-2-6-26-21(29)17-5-4-16(27(31)32)11-18(17)22(26)30/h4-5,11,14H,2-3,6-10,12-13H2,1H3. The molecule has 3 amide bonds. The van der Waals surface area contributed by atoms with Crippen molar-refractivity contribution in [3.05, 3.63) is 55.5 Å². The number of imide groups is 1. The number of aromatic nitrogens is 1. The lowest BCUT2D eigenvalue weighted by Gasteiger charge is -2.25. The molecule has 11 nitrogen and oxygen atoms in total. The van der Waals surface area contributed by atoms with E-state index in [1.165, 1.54) is 12.1 Å². The number of ether oxygens (including phenoxy) is 1. The largest absolute Gasteiger partial charge is 0.379 e. The Balaban J connectivity index is 1.25. The van der Waals surface area contributed by atoms with E-state index in [2.05, 4.69) is 9.88 Å². The van der Waals surface area contributed by atoms with Crippen molar-refractivity contribution in [2.75, 3.05) is 39.9 Å². The SMILES string of the molecule is CN(Cc1csc(CN2CCOCC2)n1)C(=O)CCCN1C(=O)c2ccc([N+](=O)[O-])cc2C1=O. The van der Waals surface area contributed by atoms with E-state index in [0.29, 0.717) is 13.0 Å². The van der Waals surface area contributed by atoms with E-state index in [9.17, 15) is 24.5 Å². The van der Waals surface area contributed by atoms with E-state index in [4.69, 9.17) is 4.74 Å². The van der Waals surface area contributed by atoms with E-state index < -0.39 is 16.7 Å². The van der Waals surface area contributed by atoms with Crippen LogP contribution in [0.3, 0.4) is 0 Å². The second-order valence-electron chi connectivity index (χ2n) is 8.22. The van der Waals surface area contributed by atoms with Gasteiger partial charge in [-0.05, 0) is 12.5 Å². The van der Waals surface area contributed by atoms with Crippen LogP contribution in [0.4, 0.5) is 5.69 Å². The summed E-state index contributed by atoms with van der Waals surface area (Å²) < 4.78 is 5.36. The lowest BCUT2D eigenvalue weighted by atomic mass is 10.1. The lowest BCUT2D eigenvalue weighted by molar-refractivity contribution is -0.384. The second-order valence-corrected chi connectivity index (χ2v) is 9.17.